The van der Waals surface area contributed by atoms with Gasteiger partial charge in [-0.3, -0.25) is 0 Å². The molecule has 0 amide bonds. The molecule has 2 nitrogen and oxygen atoms in total. The molecule has 1 unspecified atom stereocenters. The van der Waals surface area contributed by atoms with Crippen molar-refractivity contribution in [2.45, 2.75) is 38.7 Å². The van der Waals surface area contributed by atoms with Crippen LogP contribution in [0.3, 0.4) is 0 Å². The molecule has 1 aliphatic heterocycles. The molecule has 0 spiro atoms. The molecule has 2 heteroatoms. The van der Waals surface area contributed by atoms with Crippen LogP contribution in [0.1, 0.15) is 32.6 Å². The number of hydrogen-bond donors (Lipinski definition) is 1. The molecule has 0 aromatic heterocycles. The molecule has 2 aliphatic rings. The van der Waals surface area contributed by atoms with Crippen molar-refractivity contribution in [1.82, 2.24) is 0 Å². The molecule has 1 atom stereocenters. The Morgan fingerprint density at radius 2 is 2.33 bits per heavy atom. The molecular formula is C10H16O2. The lowest BCUT2D eigenvalue weighted by Crippen LogP contribution is -2.22. The molecule has 1 heterocycles. The Labute approximate surface area is 73.2 Å². The van der Waals surface area contributed by atoms with Crippen molar-refractivity contribution in [3.8, 4) is 0 Å². The van der Waals surface area contributed by atoms with Crippen molar-refractivity contribution in [2.75, 3.05) is 6.61 Å². The summed E-state index contributed by atoms with van der Waals surface area (Å²) in [5.74, 6) is 0. The van der Waals surface area contributed by atoms with Crippen molar-refractivity contribution in [1.29, 1.82) is 0 Å². The summed E-state index contributed by atoms with van der Waals surface area (Å²) in [6, 6.07) is 0. The van der Waals surface area contributed by atoms with Crippen LogP contribution in [-0.2, 0) is 4.74 Å². The van der Waals surface area contributed by atoms with Crippen molar-refractivity contribution in [3.05, 3.63) is 11.8 Å². The first kappa shape index (κ1) is 8.11. The fraction of sp³-hybridized carbons (Fsp3) is 0.800. The molecule has 0 radical (unpaired) electrons. The number of aliphatic hydroxyl groups is 1. The lowest BCUT2D eigenvalue weighted by Gasteiger charge is -2.24. The summed E-state index contributed by atoms with van der Waals surface area (Å²) in [5, 5.41) is 9.60. The van der Waals surface area contributed by atoms with Crippen LogP contribution in [0.15, 0.2) is 11.8 Å². The first-order valence-electron chi connectivity index (χ1n) is 4.75. The maximum absolute atomic E-state index is 9.60. The highest BCUT2D eigenvalue weighted by molar-refractivity contribution is 5.23. The predicted octanol–water partition coefficient (Wildman–Crippen LogP) is 1.84. The second kappa shape index (κ2) is 2.77. The van der Waals surface area contributed by atoms with E-state index in [9.17, 15) is 5.11 Å². The summed E-state index contributed by atoms with van der Waals surface area (Å²) in [4.78, 5) is 0. The van der Waals surface area contributed by atoms with Gasteiger partial charge in [0.05, 0.1) is 19.0 Å². The topological polar surface area (TPSA) is 29.5 Å². The van der Waals surface area contributed by atoms with Crippen LogP contribution in [0.4, 0.5) is 0 Å². The van der Waals surface area contributed by atoms with E-state index in [2.05, 4.69) is 0 Å². The molecule has 1 fully saturated rings. The van der Waals surface area contributed by atoms with Crippen LogP contribution in [-0.4, -0.2) is 17.8 Å². The van der Waals surface area contributed by atoms with E-state index in [0.717, 1.165) is 32.3 Å². The SMILES string of the molecule is CC(O)C1(C2=COCCC2)CC1. The summed E-state index contributed by atoms with van der Waals surface area (Å²) in [5.41, 5.74) is 1.45. The maximum Gasteiger partial charge on any atom is 0.0876 e. The quantitative estimate of drug-likeness (QED) is 0.681. The molecular weight excluding hydrogens is 152 g/mol. The highest BCUT2D eigenvalue weighted by Crippen LogP contribution is 2.56. The largest absolute Gasteiger partial charge is 0.501 e. The average molecular weight is 168 g/mol. The zero-order valence-electron chi connectivity index (χ0n) is 7.55. The number of aliphatic hydroxyl groups excluding tert-OH is 1. The smallest absolute Gasteiger partial charge is 0.0876 e. The molecule has 68 valence electrons. The molecule has 0 aromatic rings. The summed E-state index contributed by atoms with van der Waals surface area (Å²) in [6.45, 7) is 2.74. The Balaban J connectivity index is 2.12. The molecule has 0 aromatic carbocycles. The van der Waals surface area contributed by atoms with Gasteiger partial charge in [0.1, 0.15) is 0 Å². The monoisotopic (exact) mass is 168 g/mol. The van der Waals surface area contributed by atoms with Gasteiger partial charge in [-0.05, 0) is 38.2 Å². The Morgan fingerprint density at radius 3 is 2.75 bits per heavy atom. The molecule has 2 rings (SSSR count). The van der Waals surface area contributed by atoms with Gasteiger partial charge in [0.25, 0.3) is 0 Å². The van der Waals surface area contributed by atoms with Gasteiger partial charge in [-0.2, -0.15) is 0 Å². The van der Waals surface area contributed by atoms with Gasteiger partial charge in [0.15, 0.2) is 0 Å². The van der Waals surface area contributed by atoms with E-state index in [1.807, 2.05) is 13.2 Å². The molecule has 1 aliphatic carbocycles. The fourth-order valence-corrected chi connectivity index (χ4v) is 2.07. The molecule has 1 saturated carbocycles. The zero-order chi connectivity index (χ0) is 8.60. The van der Waals surface area contributed by atoms with Gasteiger partial charge < -0.3 is 9.84 Å². The fourth-order valence-electron chi connectivity index (χ4n) is 2.07. The number of ether oxygens (including phenoxy) is 1. The van der Waals surface area contributed by atoms with E-state index >= 15 is 0 Å². The number of hydrogen-bond acceptors (Lipinski definition) is 2. The summed E-state index contributed by atoms with van der Waals surface area (Å²) >= 11 is 0. The van der Waals surface area contributed by atoms with Gasteiger partial charge in [-0.25, -0.2) is 0 Å². The third kappa shape index (κ3) is 1.14. The Hall–Kier alpha value is -0.500. The lowest BCUT2D eigenvalue weighted by atomic mass is 9.88. The van der Waals surface area contributed by atoms with E-state index in [1.54, 1.807) is 0 Å². The zero-order valence-corrected chi connectivity index (χ0v) is 7.55. The molecule has 0 bridgehead atoms. The first-order valence-corrected chi connectivity index (χ1v) is 4.75. The normalized spacial score (nSPS) is 28.7. The molecule has 0 saturated heterocycles. The third-order valence-electron chi connectivity index (χ3n) is 3.16. The Bertz CT molecular complexity index is 202. The standard InChI is InChI=1S/C10H16O2/c1-8(11)10(4-5-10)9-3-2-6-12-7-9/h7-8,11H,2-6H2,1H3. The predicted molar refractivity (Wildman–Crippen MR) is 46.6 cm³/mol. The van der Waals surface area contributed by atoms with Crippen molar-refractivity contribution in [2.24, 2.45) is 5.41 Å². The van der Waals surface area contributed by atoms with Crippen LogP contribution < -0.4 is 0 Å². The maximum atomic E-state index is 9.60. The highest BCUT2D eigenvalue weighted by Gasteiger charge is 2.50. The average Bonchev–Trinajstić information content (AvgIpc) is 2.86. The van der Waals surface area contributed by atoms with E-state index in [4.69, 9.17) is 4.74 Å². The second-order valence-electron chi connectivity index (χ2n) is 3.95. The van der Waals surface area contributed by atoms with Crippen LogP contribution in [0.5, 0.6) is 0 Å². The Kier molecular flexibility index (Phi) is 1.87. The minimum Gasteiger partial charge on any atom is -0.501 e. The minimum atomic E-state index is -0.203. The van der Waals surface area contributed by atoms with E-state index in [1.165, 1.54) is 5.57 Å². The van der Waals surface area contributed by atoms with Crippen molar-refractivity contribution < 1.29 is 9.84 Å². The van der Waals surface area contributed by atoms with Crippen LogP contribution in [0.2, 0.25) is 0 Å². The molecule has 1 N–H and O–H groups in total. The van der Waals surface area contributed by atoms with Crippen LogP contribution >= 0.6 is 0 Å². The second-order valence-corrected chi connectivity index (χ2v) is 3.95. The van der Waals surface area contributed by atoms with Gasteiger partial charge in [0, 0.05) is 5.41 Å². The van der Waals surface area contributed by atoms with Crippen molar-refractivity contribution in [3.63, 3.8) is 0 Å². The van der Waals surface area contributed by atoms with Gasteiger partial charge in [0.2, 0.25) is 0 Å². The van der Waals surface area contributed by atoms with Gasteiger partial charge >= 0.3 is 0 Å². The van der Waals surface area contributed by atoms with Gasteiger partial charge in [-0.1, -0.05) is 0 Å². The van der Waals surface area contributed by atoms with Gasteiger partial charge in [-0.15, -0.1) is 0 Å². The van der Waals surface area contributed by atoms with E-state index in [-0.39, 0.29) is 11.5 Å². The number of rotatable bonds is 2. The highest BCUT2D eigenvalue weighted by atomic mass is 16.5. The first-order chi connectivity index (χ1) is 5.76. The van der Waals surface area contributed by atoms with Crippen LogP contribution in [0, 0.1) is 5.41 Å². The van der Waals surface area contributed by atoms with E-state index < -0.39 is 0 Å². The third-order valence-corrected chi connectivity index (χ3v) is 3.16. The minimum absolute atomic E-state index is 0.112. The summed E-state index contributed by atoms with van der Waals surface area (Å²) in [7, 11) is 0. The molecule has 12 heavy (non-hydrogen) atoms. The summed E-state index contributed by atoms with van der Waals surface area (Å²) in [6.07, 6.45) is 6.18. The Morgan fingerprint density at radius 1 is 1.58 bits per heavy atom. The van der Waals surface area contributed by atoms with E-state index in [0.29, 0.717) is 0 Å². The van der Waals surface area contributed by atoms with Crippen molar-refractivity contribution >= 4 is 0 Å². The van der Waals surface area contributed by atoms with Crippen LogP contribution in [0.25, 0.3) is 0 Å². The summed E-state index contributed by atoms with van der Waals surface area (Å²) < 4.78 is 5.29. The lowest BCUT2D eigenvalue weighted by molar-refractivity contribution is 0.118.